The fourth-order valence-electron chi connectivity index (χ4n) is 2.43. The molecular weight excluding hydrogens is 334 g/mol. The van der Waals surface area contributed by atoms with Crippen molar-refractivity contribution in [3.8, 4) is 11.4 Å². The van der Waals surface area contributed by atoms with Crippen molar-refractivity contribution in [2.24, 2.45) is 0 Å². The highest BCUT2D eigenvalue weighted by Gasteiger charge is 2.13. The van der Waals surface area contributed by atoms with Gasteiger partial charge in [0.05, 0.1) is 0 Å². The largest absolute Gasteiger partial charge is 0.340 e. The van der Waals surface area contributed by atoms with Gasteiger partial charge in [-0.2, -0.15) is 16.1 Å². The van der Waals surface area contributed by atoms with Gasteiger partial charge in [0.25, 0.3) is 0 Å². The highest BCUT2D eigenvalue weighted by atomic mass is 32.1. The lowest BCUT2D eigenvalue weighted by Gasteiger charge is -2.15. The number of rotatable bonds is 6. The summed E-state index contributed by atoms with van der Waals surface area (Å²) >= 11 is 1.62. The van der Waals surface area contributed by atoms with Crippen molar-refractivity contribution in [3.05, 3.63) is 52.2 Å². The van der Waals surface area contributed by atoms with Crippen LogP contribution in [0.5, 0.6) is 0 Å². The lowest BCUT2D eigenvalue weighted by atomic mass is 10.0. The van der Waals surface area contributed by atoms with Crippen LogP contribution in [0.3, 0.4) is 0 Å². The molecule has 7 heteroatoms. The second-order valence-electron chi connectivity index (χ2n) is 6.30. The maximum atomic E-state index is 12.3. The van der Waals surface area contributed by atoms with Gasteiger partial charge in [0, 0.05) is 19.2 Å². The van der Waals surface area contributed by atoms with E-state index in [1.807, 2.05) is 29.0 Å². The molecule has 0 spiro atoms. The number of thiophene rings is 1. The summed E-state index contributed by atoms with van der Waals surface area (Å²) in [7, 11) is 1.78. The summed E-state index contributed by atoms with van der Waals surface area (Å²) in [6, 6.07) is 10.1. The Morgan fingerprint density at radius 3 is 2.64 bits per heavy atom. The normalized spacial score (nSPS) is 11.0. The van der Waals surface area contributed by atoms with Gasteiger partial charge < -0.3 is 4.90 Å². The smallest absolute Gasteiger partial charge is 0.246 e. The van der Waals surface area contributed by atoms with Crippen molar-refractivity contribution in [1.29, 1.82) is 0 Å². The number of likely N-dealkylation sites (N-methyl/N-ethyl adjacent to an activating group) is 1. The fraction of sp³-hybridized carbons (Fsp3) is 0.333. The average molecular weight is 355 g/mol. The Balaban J connectivity index is 1.63. The average Bonchev–Trinajstić information content (AvgIpc) is 3.27. The van der Waals surface area contributed by atoms with Crippen LogP contribution in [0.4, 0.5) is 0 Å². The fourth-order valence-corrected chi connectivity index (χ4v) is 3.09. The monoisotopic (exact) mass is 355 g/mol. The Hall–Kier alpha value is -2.54. The third kappa shape index (κ3) is 4.30. The van der Waals surface area contributed by atoms with E-state index in [0.717, 1.165) is 11.1 Å². The minimum absolute atomic E-state index is 0.0506. The van der Waals surface area contributed by atoms with Crippen LogP contribution in [-0.4, -0.2) is 38.1 Å². The zero-order chi connectivity index (χ0) is 17.8. The molecule has 1 aromatic carbocycles. The molecule has 2 aromatic heterocycles. The summed E-state index contributed by atoms with van der Waals surface area (Å²) in [5, 5.41) is 16.4. The molecule has 3 aromatic rings. The van der Waals surface area contributed by atoms with Crippen LogP contribution in [0, 0.1) is 0 Å². The lowest BCUT2D eigenvalue weighted by molar-refractivity contribution is -0.131. The molecule has 0 saturated carbocycles. The van der Waals surface area contributed by atoms with E-state index < -0.39 is 0 Å². The first-order valence-electron chi connectivity index (χ1n) is 8.16. The van der Waals surface area contributed by atoms with Crippen molar-refractivity contribution in [1.82, 2.24) is 25.1 Å². The molecule has 0 bridgehead atoms. The minimum Gasteiger partial charge on any atom is -0.340 e. The molecule has 0 aliphatic carbocycles. The Bertz CT molecular complexity index is 824. The third-order valence-corrected chi connectivity index (χ3v) is 4.72. The summed E-state index contributed by atoms with van der Waals surface area (Å²) in [6.07, 6.45) is 0. The molecule has 0 aliphatic heterocycles. The van der Waals surface area contributed by atoms with Gasteiger partial charge in [0.15, 0.2) is 0 Å². The number of hydrogen-bond acceptors (Lipinski definition) is 5. The molecule has 0 atom stereocenters. The number of hydrogen-bond donors (Lipinski definition) is 0. The molecule has 25 heavy (non-hydrogen) atoms. The molecule has 0 radical (unpaired) electrons. The quantitative estimate of drug-likeness (QED) is 0.681. The number of amides is 1. The highest BCUT2D eigenvalue weighted by Crippen LogP contribution is 2.19. The Labute approximate surface area is 151 Å². The molecule has 0 N–H and O–H groups in total. The second-order valence-corrected chi connectivity index (χ2v) is 7.08. The topological polar surface area (TPSA) is 63.9 Å². The number of benzene rings is 1. The summed E-state index contributed by atoms with van der Waals surface area (Å²) in [6.45, 7) is 4.97. The molecule has 1 amide bonds. The Kier molecular flexibility index (Phi) is 5.23. The van der Waals surface area contributed by atoms with Crippen molar-refractivity contribution in [2.45, 2.75) is 32.9 Å². The predicted octanol–water partition coefficient (Wildman–Crippen LogP) is 3.18. The van der Waals surface area contributed by atoms with Crippen LogP contribution in [0.25, 0.3) is 11.4 Å². The Morgan fingerprint density at radius 1 is 1.24 bits per heavy atom. The molecule has 0 unspecified atom stereocenters. The first kappa shape index (κ1) is 17.3. The van der Waals surface area contributed by atoms with Crippen molar-refractivity contribution < 1.29 is 4.79 Å². The van der Waals surface area contributed by atoms with Crippen molar-refractivity contribution in [3.63, 3.8) is 0 Å². The van der Waals surface area contributed by atoms with Crippen LogP contribution in [0.2, 0.25) is 0 Å². The van der Waals surface area contributed by atoms with Gasteiger partial charge in [-0.05, 0) is 39.1 Å². The van der Waals surface area contributed by atoms with Gasteiger partial charge in [0.1, 0.15) is 6.54 Å². The van der Waals surface area contributed by atoms with Crippen molar-refractivity contribution in [2.75, 3.05) is 7.05 Å². The molecule has 3 rings (SSSR count). The summed E-state index contributed by atoms with van der Waals surface area (Å²) < 4.78 is 0. The number of nitrogens with zero attached hydrogens (tertiary/aromatic N) is 5. The van der Waals surface area contributed by atoms with Gasteiger partial charge in [-0.25, -0.2) is 0 Å². The lowest BCUT2D eigenvalue weighted by Crippen LogP contribution is -2.30. The molecule has 130 valence electrons. The van der Waals surface area contributed by atoms with Crippen LogP contribution in [0.15, 0.2) is 41.1 Å². The highest BCUT2D eigenvalue weighted by molar-refractivity contribution is 7.07. The van der Waals surface area contributed by atoms with Gasteiger partial charge >= 0.3 is 0 Å². The van der Waals surface area contributed by atoms with E-state index in [1.165, 1.54) is 10.4 Å². The van der Waals surface area contributed by atoms with E-state index in [9.17, 15) is 4.79 Å². The van der Waals surface area contributed by atoms with E-state index >= 15 is 0 Å². The SMILES string of the molecule is CC(C)c1ccc(-c2nnn(CC(=O)N(C)Cc3ccsc3)n2)cc1. The molecule has 2 heterocycles. The Morgan fingerprint density at radius 2 is 2.00 bits per heavy atom. The first-order valence-corrected chi connectivity index (χ1v) is 9.10. The van der Waals surface area contributed by atoms with Crippen molar-refractivity contribution >= 4 is 17.2 Å². The molecule has 0 fully saturated rings. The van der Waals surface area contributed by atoms with Crippen LogP contribution >= 0.6 is 11.3 Å². The van der Waals surface area contributed by atoms with Gasteiger partial charge in [-0.3, -0.25) is 4.79 Å². The number of carbonyl (C=O) groups excluding carboxylic acids is 1. The van der Waals surface area contributed by atoms with Crippen LogP contribution < -0.4 is 0 Å². The molecular formula is C18H21N5OS. The zero-order valence-electron chi connectivity index (χ0n) is 14.6. The van der Waals surface area contributed by atoms with E-state index in [2.05, 4.69) is 41.4 Å². The van der Waals surface area contributed by atoms with E-state index in [0.29, 0.717) is 18.3 Å². The maximum absolute atomic E-state index is 12.3. The molecule has 0 saturated heterocycles. The van der Waals surface area contributed by atoms with Gasteiger partial charge in [0.2, 0.25) is 11.7 Å². The van der Waals surface area contributed by atoms with Gasteiger partial charge in [-0.1, -0.05) is 38.1 Å². The second kappa shape index (κ2) is 7.57. The van der Waals surface area contributed by atoms with E-state index in [4.69, 9.17) is 0 Å². The minimum atomic E-state index is -0.0506. The standard InChI is InChI=1S/C18H21N5OS/c1-13(2)15-4-6-16(7-5-15)18-19-21-23(20-18)11-17(24)22(3)10-14-8-9-25-12-14/h4-9,12-13H,10-11H2,1-3H3. The number of aromatic nitrogens is 4. The van der Waals surface area contributed by atoms with Crippen LogP contribution in [-0.2, 0) is 17.9 Å². The van der Waals surface area contributed by atoms with Crippen LogP contribution in [0.1, 0.15) is 30.9 Å². The van der Waals surface area contributed by atoms with E-state index in [-0.39, 0.29) is 12.5 Å². The molecule has 6 nitrogen and oxygen atoms in total. The summed E-state index contributed by atoms with van der Waals surface area (Å²) in [5.41, 5.74) is 3.29. The first-order chi connectivity index (χ1) is 12.0. The summed E-state index contributed by atoms with van der Waals surface area (Å²) in [4.78, 5) is 15.3. The zero-order valence-corrected chi connectivity index (χ0v) is 15.4. The van der Waals surface area contributed by atoms with Gasteiger partial charge in [-0.15, -0.1) is 10.2 Å². The van der Waals surface area contributed by atoms with E-state index in [1.54, 1.807) is 23.3 Å². The predicted molar refractivity (Wildman–Crippen MR) is 98.1 cm³/mol. The third-order valence-electron chi connectivity index (χ3n) is 3.99. The number of tetrazole rings is 1. The number of carbonyl (C=O) groups is 1. The maximum Gasteiger partial charge on any atom is 0.246 e. The summed E-state index contributed by atoms with van der Waals surface area (Å²) in [5.74, 6) is 0.961. The molecule has 0 aliphatic rings.